The predicted molar refractivity (Wildman–Crippen MR) is 230 cm³/mol. The fourth-order valence-electron chi connectivity index (χ4n) is 5.21. The highest BCUT2D eigenvalue weighted by Gasteiger charge is 2.37. The molecule has 4 heterocycles. The molecule has 0 fully saturated rings. The molecule has 0 saturated carbocycles. The number of thiazole rings is 1. The van der Waals surface area contributed by atoms with Crippen molar-refractivity contribution in [2.45, 2.75) is 115 Å². The highest BCUT2D eigenvalue weighted by molar-refractivity contribution is 7.18. The van der Waals surface area contributed by atoms with Crippen LogP contribution in [0.5, 0.6) is 5.75 Å². The summed E-state index contributed by atoms with van der Waals surface area (Å²) in [5.41, 5.74) is 7.12. The molecule has 52 heavy (non-hydrogen) atoms. The fourth-order valence-corrected chi connectivity index (χ4v) is 6.04. The second-order valence-electron chi connectivity index (χ2n) is 11.7. The van der Waals surface area contributed by atoms with Gasteiger partial charge < -0.3 is 13.7 Å². The topological polar surface area (TPSA) is 53.1 Å². The number of hydrogen-bond acceptors (Lipinski definition) is 5. The molecular formula is C46H65N3O2S. The van der Waals surface area contributed by atoms with Gasteiger partial charge in [0.1, 0.15) is 29.0 Å². The minimum absolute atomic E-state index is 0.163. The van der Waals surface area contributed by atoms with Gasteiger partial charge >= 0.3 is 0 Å². The Kier molecular flexibility index (Phi) is 20.3. The second kappa shape index (κ2) is 23.2. The van der Waals surface area contributed by atoms with E-state index in [-0.39, 0.29) is 11.5 Å². The summed E-state index contributed by atoms with van der Waals surface area (Å²) in [5, 5.41) is 2.37. The van der Waals surface area contributed by atoms with Crippen molar-refractivity contribution >= 4 is 43.6 Å². The van der Waals surface area contributed by atoms with Crippen molar-refractivity contribution in [1.29, 1.82) is 0 Å². The van der Waals surface area contributed by atoms with E-state index in [1.54, 1.807) is 11.3 Å². The van der Waals surface area contributed by atoms with Crippen LogP contribution >= 0.6 is 11.3 Å². The molecule has 8 rings (SSSR count). The average Bonchev–Trinajstić information content (AvgIpc) is 3.88. The predicted octanol–water partition coefficient (Wildman–Crippen LogP) is 14.4. The molecule has 6 heteroatoms. The first-order chi connectivity index (χ1) is 25.1. The maximum atomic E-state index is 5.72. The number of furan rings is 1. The van der Waals surface area contributed by atoms with Crippen molar-refractivity contribution in [2.24, 2.45) is 7.05 Å². The number of fused-ring (bicyclic) bond motifs is 4. The summed E-state index contributed by atoms with van der Waals surface area (Å²) in [6, 6.07) is 32.7. The number of benzene rings is 4. The van der Waals surface area contributed by atoms with E-state index in [1.807, 2.05) is 150 Å². The van der Waals surface area contributed by atoms with Crippen LogP contribution in [0.3, 0.4) is 0 Å². The average molecular weight is 724 g/mol. The zero-order chi connectivity index (χ0) is 39.4. The summed E-state index contributed by atoms with van der Waals surface area (Å²) in [5.74, 6) is 3.13. The lowest BCUT2D eigenvalue weighted by Gasteiger charge is -2.21. The number of aromatic nitrogens is 3. The molecule has 0 aliphatic carbocycles. The van der Waals surface area contributed by atoms with Crippen LogP contribution in [0.4, 0.5) is 0 Å². The van der Waals surface area contributed by atoms with Crippen molar-refractivity contribution < 1.29 is 9.15 Å². The third-order valence-corrected chi connectivity index (χ3v) is 9.35. The van der Waals surface area contributed by atoms with Gasteiger partial charge in [0.05, 0.1) is 26.3 Å². The fraction of sp³-hybridized carbons (Fsp3) is 0.391. The summed E-state index contributed by atoms with van der Waals surface area (Å²) in [6.07, 6.45) is 0.287. The number of aryl methyl sites for hydroxylation is 5. The quantitative estimate of drug-likeness (QED) is 0.156. The highest BCUT2D eigenvalue weighted by atomic mass is 32.1. The van der Waals surface area contributed by atoms with E-state index in [1.165, 1.54) is 26.7 Å². The standard InChI is InChI=1S/C11H14O.C10H10O.C9H10N2.C8H7NS.4C2H6/c1-8-11(2,3)9-6-4-5-7-10(9)12-8;1-7-8(2)11-10-6-4-3-5-9(7)10;1-7-10-8-5-3-4-6-9(8)11(7)2;1-6-9-7-4-2-3-5-8(7)10-6;4*1-2/h4-8H,1-3H3;2*3-6H,1-2H3;2-5H,1H3;4*1-2H3. The van der Waals surface area contributed by atoms with Gasteiger partial charge in [-0.3, -0.25) is 0 Å². The van der Waals surface area contributed by atoms with Gasteiger partial charge in [0.15, 0.2) is 0 Å². The molecule has 0 amide bonds. The second-order valence-corrected chi connectivity index (χ2v) is 12.9. The number of ether oxygens (including phenoxy) is 1. The lowest BCUT2D eigenvalue weighted by molar-refractivity contribution is 0.185. The molecule has 5 nitrogen and oxygen atoms in total. The van der Waals surface area contributed by atoms with Crippen molar-refractivity contribution in [3.05, 3.63) is 125 Å². The Hall–Kier alpha value is -4.42. The van der Waals surface area contributed by atoms with Crippen molar-refractivity contribution in [1.82, 2.24) is 14.5 Å². The van der Waals surface area contributed by atoms with Crippen LogP contribution in [-0.4, -0.2) is 20.6 Å². The van der Waals surface area contributed by atoms with Crippen molar-refractivity contribution in [3.63, 3.8) is 0 Å². The van der Waals surface area contributed by atoms with Gasteiger partial charge in [0.25, 0.3) is 0 Å². The Bertz CT molecular complexity index is 1900. The molecule has 1 aliphatic heterocycles. The molecule has 3 aromatic heterocycles. The minimum Gasteiger partial charge on any atom is -0.490 e. The van der Waals surface area contributed by atoms with Crippen molar-refractivity contribution in [3.8, 4) is 5.75 Å². The summed E-state index contributed by atoms with van der Waals surface area (Å²) >= 11 is 1.74. The third kappa shape index (κ3) is 11.8. The number of hydrogen-bond donors (Lipinski definition) is 0. The van der Waals surface area contributed by atoms with E-state index in [0.29, 0.717) is 0 Å². The molecule has 0 saturated heterocycles. The molecule has 1 unspecified atom stereocenters. The summed E-state index contributed by atoms with van der Waals surface area (Å²) in [7, 11) is 2.03. The van der Waals surface area contributed by atoms with Crippen LogP contribution in [0.15, 0.2) is 101 Å². The van der Waals surface area contributed by atoms with E-state index >= 15 is 0 Å². The Balaban J connectivity index is 0.000000326. The lowest BCUT2D eigenvalue weighted by atomic mass is 9.82. The molecule has 0 radical (unpaired) electrons. The lowest BCUT2D eigenvalue weighted by Crippen LogP contribution is -2.28. The van der Waals surface area contributed by atoms with Crippen LogP contribution in [0.1, 0.15) is 104 Å². The number of para-hydroxylation sites is 5. The molecular weight excluding hydrogens is 659 g/mol. The molecule has 4 aromatic carbocycles. The van der Waals surface area contributed by atoms with Crippen LogP contribution in [0, 0.1) is 27.7 Å². The monoisotopic (exact) mass is 723 g/mol. The van der Waals surface area contributed by atoms with Crippen LogP contribution in [0.25, 0.3) is 32.2 Å². The first-order valence-electron chi connectivity index (χ1n) is 19.0. The maximum Gasteiger partial charge on any atom is 0.134 e. The first kappa shape index (κ1) is 45.6. The molecule has 1 aliphatic rings. The Labute approximate surface area is 319 Å². The first-order valence-corrected chi connectivity index (χ1v) is 19.8. The number of rotatable bonds is 0. The number of nitrogens with zero attached hydrogens (tertiary/aromatic N) is 3. The molecule has 0 spiro atoms. The summed E-state index contributed by atoms with van der Waals surface area (Å²) in [6.45, 7) is 30.7. The van der Waals surface area contributed by atoms with Gasteiger partial charge in [-0.2, -0.15) is 0 Å². The molecule has 0 bridgehead atoms. The van der Waals surface area contributed by atoms with Gasteiger partial charge in [-0.15, -0.1) is 11.3 Å². The van der Waals surface area contributed by atoms with E-state index in [2.05, 4.69) is 72.6 Å². The van der Waals surface area contributed by atoms with E-state index < -0.39 is 0 Å². The molecule has 1 atom stereocenters. The van der Waals surface area contributed by atoms with Crippen LogP contribution < -0.4 is 4.74 Å². The van der Waals surface area contributed by atoms with Crippen LogP contribution in [-0.2, 0) is 12.5 Å². The third-order valence-electron chi connectivity index (χ3n) is 8.40. The SMILES string of the molecule is CC.CC.CC.CC.CC1Oc2ccccc2C1(C)C.Cc1nc2ccccc2n1C.Cc1nc2ccccc2s1.Cc1oc2ccccc2c1C. The number of imidazole rings is 1. The van der Waals surface area contributed by atoms with E-state index in [4.69, 9.17) is 9.15 Å². The molecule has 0 N–H and O–H groups in total. The molecule has 282 valence electrons. The van der Waals surface area contributed by atoms with Gasteiger partial charge in [0, 0.05) is 23.4 Å². The Morgan fingerprint density at radius 1 is 0.654 bits per heavy atom. The Morgan fingerprint density at radius 2 is 1.19 bits per heavy atom. The Morgan fingerprint density at radius 3 is 1.79 bits per heavy atom. The molecule has 7 aromatic rings. The smallest absolute Gasteiger partial charge is 0.134 e. The maximum absolute atomic E-state index is 5.72. The zero-order valence-corrected chi connectivity index (χ0v) is 35.7. The van der Waals surface area contributed by atoms with Gasteiger partial charge in [-0.05, 0) is 76.6 Å². The zero-order valence-electron chi connectivity index (χ0n) is 34.9. The van der Waals surface area contributed by atoms with Crippen LogP contribution in [0.2, 0.25) is 0 Å². The van der Waals surface area contributed by atoms with Crippen molar-refractivity contribution in [2.75, 3.05) is 0 Å². The summed E-state index contributed by atoms with van der Waals surface area (Å²) in [4.78, 5) is 8.71. The normalized spacial score (nSPS) is 12.7. The summed E-state index contributed by atoms with van der Waals surface area (Å²) < 4.78 is 14.6. The van der Waals surface area contributed by atoms with Gasteiger partial charge in [-0.25, -0.2) is 9.97 Å². The van der Waals surface area contributed by atoms with Gasteiger partial charge in [-0.1, -0.05) is 130 Å². The van der Waals surface area contributed by atoms with Gasteiger partial charge in [0.2, 0.25) is 0 Å². The highest BCUT2D eigenvalue weighted by Crippen LogP contribution is 2.42. The minimum atomic E-state index is 0.163. The van der Waals surface area contributed by atoms with E-state index in [0.717, 1.165) is 39.0 Å². The van der Waals surface area contributed by atoms with E-state index in [9.17, 15) is 0 Å². The largest absolute Gasteiger partial charge is 0.490 e.